The number of amides is 1. The first-order valence-corrected chi connectivity index (χ1v) is 6.43. The number of esters is 1. The Morgan fingerprint density at radius 2 is 2.16 bits per heavy atom. The number of nitrogens with zero attached hydrogens (tertiary/aromatic N) is 3. The standard InChI is InChI=1S/C13H17N3O3/c1-2-19-13(18)10-4-3-5-16(8-10)12(17)11-6-14-9-15-7-11/h6-7,9-10H,2-5,8H2,1H3/t10-/m1/s1. The lowest BCUT2D eigenvalue weighted by Crippen LogP contribution is -2.42. The Kier molecular flexibility index (Phi) is 4.43. The van der Waals surface area contributed by atoms with Crippen molar-refractivity contribution in [1.29, 1.82) is 0 Å². The van der Waals surface area contributed by atoms with Crippen molar-refractivity contribution in [3.05, 3.63) is 24.3 Å². The molecule has 0 aliphatic carbocycles. The Hall–Kier alpha value is -1.98. The lowest BCUT2D eigenvalue weighted by molar-refractivity contribution is -0.149. The van der Waals surface area contributed by atoms with Gasteiger partial charge in [-0.3, -0.25) is 9.59 Å². The van der Waals surface area contributed by atoms with Crippen molar-refractivity contribution in [1.82, 2.24) is 14.9 Å². The van der Waals surface area contributed by atoms with Gasteiger partial charge in [-0.2, -0.15) is 0 Å². The molecule has 0 radical (unpaired) electrons. The van der Waals surface area contributed by atoms with Crippen LogP contribution in [-0.2, 0) is 9.53 Å². The van der Waals surface area contributed by atoms with Gasteiger partial charge in [0.15, 0.2) is 0 Å². The summed E-state index contributed by atoms with van der Waals surface area (Å²) in [6, 6.07) is 0. The van der Waals surface area contributed by atoms with Gasteiger partial charge in [-0.05, 0) is 19.8 Å². The number of ether oxygens (including phenoxy) is 1. The minimum Gasteiger partial charge on any atom is -0.466 e. The predicted molar refractivity (Wildman–Crippen MR) is 67.3 cm³/mol. The Balaban J connectivity index is 2.01. The molecule has 0 aromatic carbocycles. The molecule has 6 nitrogen and oxygen atoms in total. The molecule has 0 spiro atoms. The van der Waals surface area contributed by atoms with Crippen LogP contribution in [0.2, 0.25) is 0 Å². The van der Waals surface area contributed by atoms with E-state index in [2.05, 4.69) is 9.97 Å². The third-order valence-corrected chi connectivity index (χ3v) is 3.14. The van der Waals surface area contributed by atoms with Gasteiger partial charge in [0.2, 0.25) is 0 Å². The first kappa shape index (κ1) is 13.5. The number of hydrogen-bond donors (Lipinski definition) is 0. The summed E-state index contributed by atoms with van der Waals surface area (Å²) >= 11 is 0. The molecule has 1 aliphatic heterocycles. The highest BCUT2D eigenvalue weighted by Crippen LogP contribution is 2.19. The van der Waals surface area contributed by atoms with Crippen LogP contribution in [0.5, 0.6) is 0 Å². The van der Waals surface area contributed by atoms with Crippen LogP contribution < -0.4 is 0 Å². The Morgan fingerprint density at radius 3 is 2.84 bits per heavy atom. The molecule has 1 saturated heterocycles. The number of rotatable bonds is 3. The number of likely N-dealkylation sites (tertiary alicyclic amines) is 1. The smallest absolute Gasteiger partial charge is 0.310 e. The van der Waals surface area contributed by atoms with Crippen LogP contribution in [0, 0.1) is 5.92 Å². The first-order valence-electron chi connectivity index (χ1n) is 6.43. The van der Waals surface area contributed by atoms with Gasteiger partial charge >= 0.3 is 5.97 Å². The number of carbonyl (C=O) groups is 2. The van der Waals surface area contributed by atoms with E-state index < -0.39 is 0 Å². The van der Waals surface area contributed by atoms with Gasteiger partial charge in [-0.15, -0.1) is 0 Å². The molecule has 6 heteroatoms. The maximum absolute atomic E-state index is 12.2. The van der Waals surface area contributed by atoms with E-state index in [0.29, 0.717) is 25.3 Å². The van der Waals surface area contributed by atoms with E-state index in [-0.39, 0.29) is 17.8 Å². The average Bonchev–Trinajstić information content (AvgIpc) is 2.48. The SMILES string of the molecule is CCOC(=O)[C@@H]1CCCN(C(=O)c2cncnc2)C1. The molecule has 0 bridgehead atoms. The molecule has 1 atom stereocenters. The van der Waals surface area contributed by atoms with Crippen molar-refractivity contribution in [2.45, 2.75) is 19.8 Å². The van der Waals surface area contributed by atoms with Crippen molar-refractivity contribution in [2.75, 3.05) is 19.7 Å². The lowest BCUT2D eigenvalue weighted by atomic mass is 9.98. The molecule has 2 rings (SSSR count). The highest BCUT2D eigenvalue weighted by atomic mass is 16.5. The van der Waals surface area contributed by atoms with Crippen molar-refractivity contribution >= 4 is 11.9 Å². The zero-order chi connectivity index (χ0) is 13.7. The van der Waals surface area contributed by atoms with Crippen molar-refractivity contribution < 1.29 is 14.3 Å². The molecule has 0 unspecified atom stereocenters. The minimum atomic E-state index is -0.220. The molecule has 0 saturated carbocycles. The summed E-state index contributed by atoms with van der Waals surface area (Å²) in [6.45, 7) is 3.22. The second kappa shape index (κ2) is 6.26. The van der Waals surface area contributed by atoms with Gasteiger partial charge in [-0.25, -0.2) is 9.97 Å². The number of piperidine rings is 1. The van der Waals surface area contributed by atoms with E-state index in [0.717, 1.165) is 12.8 Å². The zero-order valence-corrected chi connectivity index (χ0v) is 10.9. The third-order valence-electron chi connectivity index (χ3n) is 3.14. The molecular formula is C13H17N3O3. The van der Waals surface area contributed by atoms with Gasteiger partial charge in [-0.1, -0.05) is 0 Å². The molecule has 1 aromatic heterocycles. The van der Waals surface area contributed by atoms with Crippen LogP contribution >= 0.6 is 0 Å². The number of hydrogen-bond acceptors (Lipinski definition) is 5. The third kappa shape index (κ3) is 3.27. The summed E-state index contributed by atoms with van der Waals surface area (Å²) in [4.78, 5) is 33.3. The topological polar surface area (TPSA) is 72.4 Å². The quantitative estimate of drug-likeness (QED) is 0.757. The van der Waals surface area contributed by atoms with Crippen molar-refractivity contribution in [3.8, 4) is 0 Å². The van der Waals surface area contributed by atoms with E-state index in [1.54, 1.807) is 11.8 Å². The maximum atomic E-state index is 12.2. The molecule has 1 aliphatic rings. The highest BCUT2D eigenvalue weighted by molar-refractivity contribution is 5.94. The summed E-state index contributed by atoms with van der Waals surface area (Å²) in [5.41, 5.74) is 0.451. The van der Waals surface area contributed by atoms with Crippen LogP contribution in [0.4, 0.5) is 0 Å². The highest BCUT2D eigenvalue weighted by Gasteiger charge is 2.29. The van der Waals surface area contributed by atoms with Gasteiger partial charge in [0.25, 0.3) is 5.91 Å². The molecule has 0 N–H and O–H groups in total. The van der Waals surface area contributed by atoms with E-state index in [1.807, 2.05) is 0 Å². The van der Waals surface area contributed by atoms with Crippen LogP contribution in [0.1, 0.15) is 30.1 Å². The van der Waals surface area contributed by atoms with Crippen molar-refractivity contribution in [3.63, 3.8) is 0 Å². The second-order valence-electron chi connectivity index (χ2n) is 4.47. The van der Waals surface area contributed by atoms with E-state index in [1.165, 1.54) is 18.7 Å². The first-order chi connectivity index (χ1) is 9.22. The summed E-state index contributed by atoms with van der Waals surface area (Å²) in [6.07, 6.45) is 5.94. The second-order valence-corrected chi connectivity index (χ2v) is 4.47. The lowest BCUT2D eigenvalue weighted by Gasteiger charge is -2.31. The molecule has 1 fully saturated rings. The van der Waals surface area contributed by atoms with Gasteiger partial charge in [0.05, 0.1) is 18.1 Å². The largest absolute Gasteiger partial charge is 0.466 e. The fraction of sp³-hybridized carbons (Fsp3) is 0.538. The molecule has 102 valence electrons. The average molecular weight is 263 g/mol. The summed E-state index contributed by atoms with van der Waals surface area (Å²) < 4.78 is 5.01. The maximum Gasteiger partial charge on any atom is 0.310 e. The van der Waals surface area contributed by atoms with Crippen LogP contribution in [0.15, 0.2) is 18.7 Å². The summed E-state index contributed by atoms with van der Waals surface area (Å²) in [5, 5.41) is 0. The number of aromatic nitrogens is 2. The normalized spacial score (nSPS) is 19.0. The summed E-state index contributed by atoms with van der Waals surface area (Å²) in [5.74, 6) is -0.568. The minimum absolute atomic E-state index is 0.130. The van der Waals surface area contributed by atoms with Gasteiger partial charge in [0.1, 0.15) is 6.33 Å². The van der Waals surface area contributed by atoms with Crippen LogP contribution in [0.3, 0.4) is 0 Å². The molecule has 2 heterocycles. The molecule has 1 amide bonds. The molecule has 19 heavy (non-hydrogen) atoms. The van der Waals surface area contributed by atoms with Gasteiger partial charge < -0.3 is 9.64 Å². The predicted octanol–water partition coefficient (Wildman–Crippen LogP) is 0.892. The molecular weight excluding hydrogens is 246 g/mol. The van der Waals surface area contributed by atoms with Gasteiger partial charge in [0, 0.05) is 25.5 Å². The Bertz CT molecular complexity index is 450. The number of carbonyl (C=O) groups excluding carboxylic acids is 2. The Morgan fingerprint density at radius 1 is 1.42 bits per heavy atom. The summed E-state index contributed by atoms with van der Waals surface area (Å²) in [7, 11) is 0. The molecule has 1 aromatic rings. The fourth-order valence-electron chi connectivity index (χ4n) is 2.21. The van der Waals surface area contributed by atoms with Crippen LogP contribution in [0.25, 0.3) is 0 Å². The van der Waals surface area contributed by atoms with Crippen LogP contribution in [-0.4, -0.2) is 46.4 Å². The van der Waals surface area contributed by atoms with E-state index in [4.69, 9.17) is 4.74 Å². The monoisotopic (exact) mass is 263 g/mol. The Labute approximate surface area is 111 Å². The zero-order valence-electron chi connectivity index (χ0n) is 10.9. The van der Waals surface area contributed by atoms with E-state index in [9.17, 15) is 9.59 Å². The van der Waals surface area contributed by atoms with E-state index >= 15 is 0 Å². The van der Waals surface area contributed by atoms with Crippen molar-refractivity contribution in [2.24, 2.45) is 5.92 Å². The fourth-order valence-corrected chi connectivity index (χ4v) is 2.21.